The van der Waals surface area contributed by atoms with Gasteiger partial charge in [0.25, 0.3) is 0 Å². The van der Waals surface area contributed by atoms with Crippen molar-refractivity contribution < 1.29 is 33.6 Å². The second-order valence-electron chi connectivity index (χ2n) is 15.3. The average Bonchev–Trinajstić information content (AvgIpc) is 3.38. The third-order valence-corrected chi connectivity index (χ3v) is 10.6. The van der Waals surface area contributed by atoms with Gasteiger partial charge in [0, 0.05) is 70.5 Å². The summed E-state index contributed by atoms with van der Waals surface area (Å²) in [4.78, 5) is 34.5. The smallest absolute Gasteiger partial charge is 0.319 e. The first kappa shape index (κ1) is 36.9. The number of cyclic esters (lactones) is 1. The number of aryl methyl sites for hydroxylation is 1. The highest BCUT2D eigenvalue weighted by molar-refractivity contribution is 6.04. The molecule has 3 aliphatic rings. The Hall–Kier alpha value is -1.93. The van der Waals surface area contributed by atoms with Gasteiger partial charge in [-0.15, -0.1) is 0 Å². The predicted octanol–water partition coefficient (Wildman–Crippen LogP) is 2.18. The Bertz CT molecular complexity index is 1190. The lowest BCUT2D eigenvalue weighted by atomic mass is 9.74. The highest BCUT2D eigenvalue weighted by Gasteiger charge is 2.52. The molecule has 0 radical (unpaired) electrons. The molecular weight excluding hydrogens is 590 g/mol. The SMILES string of the molecule is CO[C@]1(C)C[C@@H](C)CN(C)C(C2CN(Cc3ccn(C)n3)C2)COC(=O)C(C)(C)C(=O)[C@H](C)[C@H]1O[C@@H]1O[C@H](C)C[C@H](N(C)C)[C@H]1O. The molecule has 4 rings (SSSR count). The van der Waals surface area contributed by atoms with E-state index in [4.69, 9.17) is 18.9 Å². The number of methoxy groups -OCH3 is 1. The second kappa shape index (κ2) is 14.7. The number of hydrogen-bond acceptors (Lipinski definition) is 11. The van der Waals surface area contributed by atoms with Gasteiger partial charge in [-0.3, -0.25) is 24.1 Å². The van der Waals surface area contributed by atoms with Crippen molar-refractivity contribution in [2.24, 2.45) is 30.2 Å². The summed E-state index contributed by atoms with van der Waals surface area (Å²) < 4.78 is 26.8. The summed E-state index contributed by atoms with van der Waals surface area (Å²) in [5.41, 5.74) is -1.31. The van der Waals surface area contributed by atoms with Crippen LogP contribution in [0.3, 0.4) is 0 Å². The molecule has 1 aromatic heterocycles. The summed E-state index contributed by atoms with van der Waals surface area (Å²) in [6.45, 7) is 14.6. The summed E-state index contributed by atoms with van der Waals surface area (Å²) in [7, 11) is 9.49. The fourth-order valence-corrected chi connectivity index (χ4v) is 7.82. The third-order valence-electron chi connectivity index (χ3n) is 10.6. The highest BCUT2D eigenvalue weighted by atomic mass is 16.7. The first-order chi connectivity index (χ1) is 21.5. The van der Waals surface area contributed by atoms with Crippen LogP contribution in [0.5, 0.6) is 0 Å². The Morgan fingerprint density at radius 1 is 1.11 bits per heavy atom. The zero-order valence-corrected chi connectivity index (χ0v) is 29.9. The van der Waals surface area contributed by atoms with E-state index in [9.17, 15) is 14.7 Å². The molecule has 1 aromatic rings. The quantitative estimate of drug-likeness (QED) is 0.346. The molecule has 0 saturated carbocycles. The van der Waals surface area contributed by atoms with Crippen LogP contribution in [-0.4, -0.2) is 138 Å². The molecule has 0 bridgehead atoms. The number of esters is 1. The predicted molar refractivity (Wildman–Crippen MR) is 174 cm³/mol. The lowest BCUT2D eigenvalue weighted by Crippen LogP contribution is -2.59. The van der Waals surface area contributed by atoms with Gasteiger partial charge in [-0.25, -0.2) is 0 Å². The molecule has 3 fully saturated rings. The Labute approximate surface area is 275 Å². The number of carbonyl (C=O) groups is 2. The van der Waals surface area contributed by atoms with E-state index >= 15 is 0 Å². The Morgan fingerprint density at radius 2 is 1.78 bits per heavy atom. The zero-order chi connectivity index (χ0) is 34.1. The topological polar surface area (TPSA) is 119 Å². The average molecular weight is 650 g/mol. The molecule has 0 aliphatic carbocycles. The summed E-state index contributed by atoms with van der Waals surface area (Å²) >= 11 is 0. The molecule has 1 unspecified atom stereocenters. The van der Waals surface area contributed by atoms with Crippen molar-refractivity contribution in [1.29, 1.82) is 0 Å². The van der Waals surface area contributed by atoms with Gasteiger partial charge in [-0.1, -0.05) is 13.8 Å². The number of ether oxygens (including phenoxy) is 4. The molecular formula is C34H59N5O7. The van der Waals surface area contributed by atoms with Crippen LogP contribution >= 0.6 is 0 Å². The Balaban J connectivity index is 1.59. The molecule has 12 heteroatoms. The highest BCUT2D eigenvalue weighted by Crippen LogP contribution is 2.38. The molecule has 0 spiro atoms. The minimum absolute atomic E-state index is 0.00782. The van der Waals surface area contributed by atoms with Crippen molar-refractivity contribution in [1.82, 2.24) is 24.5 Å². The summed E-state index contributed by atoms with van der Waals surface area (Å²) in [6.07, 6.45) is 0.339. The summed E-state index contributed by atoms with van der Waals surface area (Å²) in [5, 5.41) is 15.8. The van der Waals surface area contributed by atoms with Crippen LogP contribution in [0.15, 0.2) is 12.3 Å². The van der Waals surface area contributed by atoms with Gasteiger partial charge in [0.2, 0.25) is 0 Å². The van der Waals surface area contributed by atoms with Crippen LogP contribution < -0.4 is 0 Å². The van der Waals surface area contributed by atoms with Crippen molar-refractivity contribution in [3.8, 4) is 0 Å². The van der Waals surface area contributed by atoms with E-state index < -0.39 is 41.4 Å². The van der Waals surface area contributed by atoms with E-state index in [-0.39, 0.29) is 36.5 Å². The van der Waals surface area contributed by atoms with Crippen LogP contribution in [0, 0.1) is 23.2 Å². The Kier molecular flexibility index (Phi) is 11.8. The minimum atomic E-state index is -1.42. The van der Waals surface area contributed by atoms with Crippen LogP contribution in [-0.2, 0) is 42.1 Å². The first-order valence-corrected chi connectivity index (χ1v) is 16.8. The number of likely N-dealkylation sites (tertiary alicyclic amines) is 1. The van der Waals surface area contributed by atoms with Crippen molar-refractivity contribution in [3.63, 3.8) is 0 Å². The maximum Gasteiger partial charge on any atom is 0.319 e. The van der Waals surface area contributed by atoms with Crippen molar-refractivity contribution in [2.45, 2.75) is 103 Å². The number of carbonyl (C=O) groups excluding carboxylic acids is 2. The molecule has 12 nitrogen and oxygen atoms in total. The lowest BCUT2D eigenvalue weighted by Gasteiger charge is -2.47. The molecule has 3 aliphatic heterocycles. The lowest BCUT2D eigenvalue weighted by molar-refractivity contribution is -0.295. The van der Waals surface area contributed by atoms with Gasteiger partial charge < -0.3 is 29.0 Å². The van der Waals surface area contributed by atoms with Gasteiger partial charge in [0.15, 0.2) is 12.1 Å². The Morgan fingerprint density at radius 3 is 2.37 bits per heavy atom. The van der Waals surface area contributed by atoms with Crippen LogP contribution in [0.4, 0.5) is 0 Å². The van der Waals surface area contributed by atoms with Crippen molar-refractivity contribution in [2.75, 3.05) is 54.5 Å². The zero-order valence-electron chi connectivity index (χ0n) is 29.9. The van der Waals surface area contributed by atoms with Gasteiger partial charge in [-0.05, 0) is 73.7 Å². The van der Waals surface area contributed by atoms with Crippen LogP contribution in [0.1, 0.15) is 60.1 Å². The van der Waals surface area contributed by atoms with E-state index in [1.807, 2.05) is 56.8 Å². The molecule has 262 valence electrons. The molecule has 9 atom stereocenters. The molecule has 0 amide bonds. The summed E-state index contributed by atoms with van der Waals surface area (Å²) in [6, 6.07) is 1.85. The van der Waals surface area contributed by atoms with Gasteiger partial charge >= 0.3 is 5.97 Å². The third kappa shape index (κ3) is 8.02. The standard InChI is InChI=1S/C34H59N5O7/c1-21-15-34(6,43-11)30(46-31-28(40)26(36(7)8)14-22(2)45-31)23(3)29(41)33(4,5)32(42)44-20-27(37(9)16-21)24-17-39(18-24)19-25-12-13-38(10)35-25/h12-13,21-24,26-28,30-31,40H,14-20H2,1-11H3/t21-,22-,23+,26+,27?,28-,30-,31+,34-/m1/s1. The number of ketones is 1. The largest absolute Gasteiger partial charge is 0.463 e. The van der Waals surface area contributed by atoms with E-state index in [0.29, 0.717) is 18.8 Å². The molecule has 46 heavy (non-hydrogen) atoms. The maximum absolute atomic E-state index is 14.2. The fraction of sp³-hybridized carbons (Fsp3) is 0.853. The number of aliphatic hydroxyl groups excluding tert-OH is 1. The fourth-order valence-electron chi connectivity index (χ4n) is 7.82. The van der Waals surface area contributed by atoms with Crippen LogP contribution in [0.25, 0.3) is 0 Å². The monoisotopic (exact) mass is 649 g/mol. The minimum Gasteiger partial charge on any atom is -0.463 e. The van der Waals surface area contributed by atoms with E-state index in [0.717, 1.165) is 31.9 Å². The number of aliphatic hydroxyl groups is 1. The van der Waals surface area contributed by atoms with E-state index in [2.05, 4.69) is 28.9 Å². The number of likely N-dealkylation sites (N-methyl/N-ethyl adjacent to an activating group) is 2. The number of aromatic nitrogens is 2. The number of hydrogen-bond donors (Lipinski definition) is 1. The molecule has 1 N–H and O–H groups in total. The second-order valence-corrected chi connectivity index (χ2v) is 15.3. The van der Waals surface area contributed by atoms with E-state index in [1.54, 1.807) is 27.9 Å². The normalized spacial score (nSPS) is 37.7. The number of nitrogens with zero attached hydrogens (tertiary/aromatic N) is 5. The van der Waals surface area contributed by atoms with Crippen molar-refractivity contribution in [3.05, 3.63) is 18.0 Å². The molecule has 0 aromatic carbocycles. The first-order valence-electron chi connectivity index (χ1n) is 16.8. The number of rotatable bonds is 7. The molecule has 4 heterocycles. The van der Waals surface area contributed by atoms with E-state index in [1.165, 1.54) is 0 Å². The molecule has 3 saturated heterocycles. The number of Topliss-reactive ketones (excluding diaryl/α,β-unsaturated/α-hetero) is 1. The maximum atomic E-state index is 14.2. The van der Waals surface area contributed by atoms with Crippen LogP contribution in [0.2, 0.25) is 0 Å². The van der Waals surface area contributed by atoms with Crippen molar-refractivity contribution >= 4 is 11.8 Å². The summed E-state index contributed by atoms with van der Waals surface area (Å²) in [5.74, 6) is -1.15. The van der Waals surface area contributed by atoms with Gasteiger partial charge in [-0.2, -0.15) is 5.10 Å². The van der Waals surface area contributed by atoms with Gasteiger partial charge in [0.1, 0.15) is 18.1 Å². The van der Waals surface area contributed by atoms with Gasteiger partial charge in [0.05, 0.1) is 23.5 Å².